The van der Waals surface area contributed by atoms with E-state index in [9.17, 15) is 9.59 Å². The molecule has 0 aliphatic heterocycles. The number of esters is 1. The molecule has 7 nitrogen and oxygen atoms in total. The number of fused-ring (bicyclic) bond motifs is 1. The molecular formula is C22H19N3O4. The van der Waals surface area contributed by atoms with Gasteiger partial charge in [-0.1, -0.05) is 48.5 Å². The number of ether oxygens (including phenoxy) is 1. The van der Waals surface area contributed by atoms with Crippen LogP contribution in [-0.4, -0.2) is 20.7 Å². The molecule has 0 saturated heterocycles. The molecule has 0 fully saturated rings. The number of nitrogens with zero attached hydrogens (tertiary/aromatic N) is 3. The van der Waals surface area contributed by atoms with Crippen LogP contribution in [0.2, 0.25) is 0 Å². The van der Waals surface area contributed by atoms with Crippen molar-refractivity contribution in [1.29, 1.82) is 0 Å². The molecule has 2 aromatic carbocycles. The van der Waals surface area contributed by atoms with E-state index in [1.54, 1.807) is 30.5 Å². The summed E-state index contributed by atoms with van der Waals surface area (Å²) >= 11 is 0. The summed E-state index contributed by atoms with van der Waals surface area (Å²) in [6.45, 7) is 3.52. The Hall–Kier alpha value is -3.74. The van der Waals surface area contributed by atoms with Crippen LogP contribution in [0.15, 0.2) is 70.0 Å². The molecule has 0 aliphatic rings. The first-order valence-electron chi connectivity index (χ1n) is 9.23. The lowest BCUT2D eigenvalue weighted by Gasteiger charge is -2.12. The quantitative estimate of drug-likeness (QED) is 0.480. The highest BCUT2D eigenvalue weighted by molar-refractivity contribution is 6.02. The van der Waals surface area contributed by atoms with E-state index >= 15 is 0 Å². The number of hydrogen-bond donors (Lipinski definition) is 0. The number of benzene rings is 2. The van der Waals surface area contributed by atoms with Gasteiger partial charge in [-0.05, 0) is 19.9 Å². The Balaban J connectivity index is 1.59. The van der Waals surface area contributed by atoms with Gasteiger partial charge >= 0.3 is 5.97 Å². The maximum Gasteiger partial charge on any atom is 0.359 e. The van der Waals surface area contributed by atoms with Crippen molar-refractivity contribution in [3.63, 3.8) is 0 Å². The molecule has 2 aromatic heterocycles. The molecule has 0 saturated carbocycles. The second-order valence-corrected chi connectivity index (χ2v) is 6.80. The first kappa shape index (κ1) is 18.6. The fourth-order valence-electron chi connectivity index (χ4n) is 3.02. The van der Waals surface area contributed by atoms with Crippen molar-refractivity contribution in [2.75, 3.05) is 0 Å². The SMILES string of the molecule is CC(C)n1nc(C(=O)OCc2ncc(-c3ccccc3)o2)c2ccccc2c1=O. The van der Waals surface area contributed by atoms with Crippen LogP contribution >= 0.6 is 0 Å². The molecule has 0 N–H and O–H groups in total. The molecule has 2 heterocycles. The van der Waals surface area contributed by atoms with E-state index in [1.165, 1.54) is 4.68 Å². The second-order valence-electron chi connectivity index (χ2n) is 6.80. The highest BCUT2D eigenvalue weighted by Crippen LogP contribution is 2.21. The van der Waals surface area contributed by atoms with E-state index in [2.05, 4.69) is 10.1 Å². The molecule has 146 valence electrons. The van der Waals surface area contributed by atoms with Crippen LogP contribution in [0.25, 0.3) is 22.1 Å². The number of hydrogen-bond acceptors (Lipinski definition) is 6. The minimum atomic E-state index is -0.643. The topological polar surface area (TPSA) is 87.2 Å². The molecule has 0 spiro atoms. The van der Waals surface area contributed by atoms with Gasteiger partial charge in [0.1, 0.15) is 0 Å². The lowest BCUT2D eigenvalue weighted by molar-refractivity contribution is 0.0431. The Morgan fingerprint density at radius 1 is 1.07 bits per heavy atom. The molecule has 29 heavy (non-hydrogen) atoms. The molecular weight excluding hydrogens is 370 g/mol. The summed E-state index contributed by atoms with van der Waals surface area (Å²) < 4.78 is 12.3. The number of carbonyl (C=O) groups excluding carboxylic acids is 1. The average Bonchev–Trinajstić information content (AvgIpc) is 3.22. The Labute approximate surface area is 166 Å². The smallest absolute Gasteiger partial charge is 0.359 e. The van der Waals surface area contributed by atoms with E-state index in [0.717, 1.165) is 5.56 Å². The maximum atomic E-state index is 12.7. The van der Waals surface area contributed by atoms with Crippen LogP contribution < -0.4 is 5.56 Å². The van der Waals surface area contributed by atoms with Crippen LogP contribution in [0.5, 0.6) is 0 Å². The fourth-order valence-corrected chi connectivity index (χ4v) is 3.02. The first-order valence-corrected chi connectivity index (χ1v) is 9.23. The predicted molar refractivity (Wildman–Crippen MR) is 107 cm³/mol. The molecule has 0 atom stereocenters. The molecule has 4 aromatic rings. The summed E-state index contributed by atoms with van der Waals surface area (Å²) in [5.41, 5.74) is 0.727. The summed E-state index contributed by atoms with van der Waals surface area (Å²) in [5, 5.41) is 5.12. The Bertz CT molecular complexity index is 1230. The Morgan fingerprint density at radius 3 is 2.48 bits per heavy atom. The molecule has 0 bridgehead atoms. The van der Waals surface area contributed by atoms with Crippen molar-refractivity contribution in [2.45, 2.75) is 26.5 Å². The Kier molecular flexibility index (Phi) is 4.95. The zero-order valence-corrected chi connectivity index (χ0v) is 16.0. The van der Waals surface area contributed by atoms with E-state index in [-0.39, 0.29) is 29.8 Å². The van der Waals surface area contributed by atoms with Gasteiger partial charge in [0.05, 0.1) is 17.6 Å². The van der Waals surface area contributed by atoms with Crippen LogP contribution in [-0.2, 0) is 11.3 Å². The third-order valence-corrected chi connectivity index (χ3v) is 4.45. The first-order chi connectivity index (χ1) is 14.0. The van der Waals surface area contributed by atoms with E-state index < -0.39 is 5.97 Å². The van der Waals surface area contributed by atoms with E-state index in [1.807, 2.05) is 44.2 Å². The monoisotopic (exact) mass is 389 g/mol. The van der Waals surface area contributed by atoms with Crippen molar-refractivity contribution < 1.29 is 13.9 Å². The van der Waals surface area contributed by atoms with Gasteiger partial charge in [-0.2, -0.15) is 5.10 Å². The van der Waals surface area contributed by atoms with Crippen LogP contribution in [0.4, 0.5) is 0 Å². The van der Waals surface area contributed by atoms with Crippen LogP contribution in [0.3, 0.4) is 0 Å². The minimum Gasteiger partial charge on any atom is -0.451 e. The number of oxazole rings is 1. The van der Waals surface area contributed by atoms with Gasteiger partial charge in [0, 0.05) is 10.9 Å². The standard InChI is InChI=1S/C22H19N3O4/c1-14(2)25-21(26)17-11-7-6-10-16(17)20(24-25)22(27)28-13-19-23-12-18(29-19)15-8-4-3-5-9-15/h3-12,14H,13H2,1-2H3. The van der Waals surface area contributed by atoms with Gasteiger partial charge in [-0.3, -0.25) is 4.79 Å². The van der Waals surface area contributed by atoms with Gasteiger partial charge in [-0.25, -0.2) is 14.5 Å². The van der Waals surface area contributed by atoms with Crippen molar-refractivity contribution in [1.82, 2.24) is 14.8 Å². The van der Waals surface area contributed by atoms with Gasteiger partial charge < -0.3 is 9.15 Å². The molecule has 0 aliphatic carbocycles. The van der Waals surface area contributed by atoms with Crippen LogP contribution in [0.1, 0.15) is 36.3 Å². The third kappa shape index (κ3) is 3.67. The third-order valence-electron chi connectivity index (χ3n) is 4.45. The predicted octanol–water partition coefficient (Wildman–Crippen LogP) is 3.99. The summed E-state index contributed by atoms with van der Waals surface area (Å²) in [4.78, 5) is 29.5. The van der Waals surface area contributed by atoms with E-state index in [4.69, 9.17) is 9.15 Å². The lowest BCUT2D eigenvalue weighted by Crippen LogP contribution is -2.27. The Morgan fingerprint density at radius 2 is 1.76 bits per heavy atom. The van der Waals surface area contributed by atoms with Crippen molar-refractivity contribution in [3.05, 3.63) is 82.7 Å². The van der Waals surface area contributed by atoms with Gasteiger partial charge in [-0.15, -0.1) is 0 Å². The second kappa shape index (κ2) is 7.71. The van der Waals surface area contributed by atoms with Crippen molar-refractivity contribution >= 4 is 16.7 Å². The fraction of sp³-hybridized carbons (Fsp3) is 0.182. The number of carbonyl (C=O) groups is 1. The molecule has 4 rings (SSSR count). The zero-order chi connectivity index (χ0) is 20.4. The molecule has 0 unspecified atom stereocenters. The molecule has 0 amide bonds. The largest absolute Gasteiger partial charge is 0.451 e. The zero-order valence-electron chi connectivity index (χ0n) is 16.0. The highest BCUT2D eigenvalue weighted by Gasteiger charge is 2.20. The summed E-state index contributed by atoms with van der Waals surface area (Å²) in [7, 11) is 0. The lowest BCUT2D eigenvalue weighted by atomic mass is 10.1. The molecule has 0 radical (unpaired) electrons. The van der Waals surface area contributed by atoms with Gasteiger partial charge in [0.2, 0.25) is 5.89 Å². The summed E-state index contributed by atoms with van der Waals surface area (Å²) in [6.07, 6.45) is 1.59. The minimum absolute atomic E-state index is 0.0868. The molecule has 7 heteroatoms. The van der Waals surface area contributed by atoms with Gasteiger partial charge in [0.15, 0.2) is 18.1 Å². The van der Waals surface area contributed by atoms with Crippen LogP contribution in [0, 0.1) is 0 Å². The number of rotatable bonds is 5. The summed E-state index contributed by atoms with van der Waals surface area (Å²) in [6, 6.07) is 16.2. The van der Waals surface area contributed by atoms with Gasteiger partial charge in [0.25, 0.3) is 5.56 Å². The normalized spacial score (nSPS) is 11.1. The van der Waals surface area contributed by atoms with Crippen molar-refractivity contribution in [3.8, 4) is 11.3 Å². The van der Waals surface area contributed by atoms with E-state index in [0.29, 0.717) is 16.5 Å². The van der Waals surface area contributed by atoms with Crippen molar-refractivity contribution in [2.24, 2.45) is 0 Å². The average molecular weight is 389 g/mol. The maximum absolute atomic E-state index is 12.7. The summed E-state index contributed by atoms with van der Waals surface area (Å²) in [5.74, 6) is 0.224. The highest BCUT2D eigenvalue weighted by atomic mass is 16.5. The number of aromatic nitrogens is 3.